The molecule has 31 heavy (non-hydrogen) atoms. The normalized spacial score (nSPS) is 12.1. The number of aliphatic hydroxyl groups excluding tert-OH is 1. The predicted octanol–water partition coefficient (Wildman–Crippen LogP) is 2.36. The average Bonchev–Trinajstić information content (AvgIpc) is 3.20. The third-order valence-corrected chi connectivity index (χ3v) is 4.72. The van der Waals surface area contributed by atoms with Gasteiger partial charge in [0, 0.05) is 5.56 Å². The van der Waals surface area contributed by atoms with Crippen molar-refractivity contribution in [3.63, 3.8) is 0 Å². The first-order chi connectivity index (χ1) is 14.9. The number of ether oxygens (including phenoxy) is 1. The van der Waals surface area contributed by atoms with Gasteiger partial charge in [0.1, 0.15) is 36.0 Å². The zero-order valence-electron chi connectivity index (χ0n) is 16.6. The number of aromatic nitrogens is 4. The third kappa shape index (κ3) is 4.36. The molecule has 0 aliphatic carbocycles. The molecule has 1 N–H and O–H groups in total. The maximum absolute atomic E-state index is 13.2. The molecule has 4 rings (SSSR count). The number of hydrogen-bond acceptors (Lipinski definition) is 6. The number of halogens is 1. The number of fused-ring (bicyclic) bond motifs is 1. The summed E-state index contributed by atoms with van der Waals surface area (Å²) >= 11 is 0. The van der Waals surface area contributed by atoms with E-state index in [1.807, 2.05) is 0 Å². The van der Waals surface area contributed by atoms with Crippen molar-refractivity contribution < 1.29 is 19.0 Å². The van der Waals surface area contributed by atoms with Crippen LogP contribution in [0.15, 0.2) is 65.8 Å². The molecule has 0 amide bonds. The van der Waals surface area contributed by atoms with Crippen molar-refractivity contribution in [2.24, 2.45) is 0 Å². The molecule has 9 heteroatoms. The first kappa shape index (κ1) is 20.4. The van der Waals surface area contributed by atoms with Crippen LogP contribution in [0.3, 0.4) is 0 Å². The van der Waals surface area contributed by atoms with Gasteiger partial charge in [0.05, 0.1) is 18.4 Å². The summed E-state index contributed by atoms with van der Waals surface area (Å²) in [6, 6.07) is 12.3. The monoisotopic (exact) mass is 422 g/mol. The number of hydrogen-bond donors (Lipinski definition) is 1. The second-order valence-electron chi connectivity index (χ2n) is 7.02. The Morgan fingerprint density at radius 1 is 1.23 bits per heavy atom. The molecule has 0 aliphatic heterocycles. The summed E-state index contributed by atoms with van der Waals surface area (Å²) in [5.74, 6) is -0.00823. The SMILES string of the molecule is CC(=O)c1cccc(OC[C@H](O)Cn2cnc3c(cnn3-c3ccc(F)cc3)c2=O)c1. The van der Waals surface area contributed by atoms with Gasteiger partial charge in [0.2, 0.25) is 0 Å². The fourth-order valence-corrected chi connectivity index (χ4v) is 3.13. The molecule has 2 aromatic carbocycles. The summed E-state index contributed by atoms with van der Waals surface area (Å²) in [6.07, 6.45) is 1.73. The number of benzene rings is 2. The van der Waals surface area contributed by atoms with Crippen molar-refractivity contribution in [3.05, 3.63) is 82.8 Å². The topological polar surface area (TPSA) is 99.2 Å². The molecule has 158 valence electrons. The predicted molar refractivity (Wildman–Crippen MR) is 111 cm³/mol. The standard InChI is InChI=1S/C22H19FN4O4/c1-14(28)15-3-2-4-19(9-15)31-12-18(29)11-26-13-24-21-20(22(26)30)10-25-27(21)17-7-5-16(23)6-8-17/h2-10,13,18,29H,11-12H2,1H3/t18-/m1/s1. The smallest absolute Gasteiger partial charge is 0.264 e. The molecular weight excluding hydrogens is 403 g/mol. The minimum Gasteiger partial charge on any atom is -0.491 e. The van der Waals surface area contributed by atoms with Gasteiger partial charge in [-0.05, 0) is 43.3 Å². The Morgan fingerprint density at radius 3 is 2.74 bits per heavy atom. The van der Waals surface area contributed by atoms with Gasteiger partial charge in [-0.3, -0.25) is 14.2 Å². The van der Waals surface area contributed by atoms with Crippen LogP contribution in [0.4, 0.5) is 4.39 Å². The van der Waals surface area contributed by atoms with Crippen LogP contribution >= 0.6 is 0 Å². The molecule has 0 saturated heterocycles. The van der Waals surface area contributed by atoms with Crippen molar-refractivity contribution >= 4 is 16.8 Å². The molecule has 0 radical (unpaired) electrons. The molecule has 2 heterocycles. The fraction of sp³-hybridized carbons (Fsp3) is 0.182. The van der Waals surface area contributed by atoms with Crippen LogP contribution in [0.1, 0.15) is 17.3 Å². The van der Waals surface area contributed by atoms with E-state index in [0.29, 0.717) is 22.6 Å². The molecule has 2 aromatic heterocycles. The summed E-state index contributed by atoms with van der Waals surface area (Å²) < 4.78 is 21.4. The molecule has 0 saturated carbocycles. The minimum absolute atomic E-state index is 0.0318. The molecule has 0 aliphatic rings. The van der Waals surface area contributed by atoms with E-state index in [-0.39, 0.29) is 35.7 Å². The molecular formula is C22H19FN4O4. The summed E-state index contributed by atoms with van der Waals surface area (Å²) in [5, 5.41) is 14.8. The van der Waals surface area contributed by atoms with E-state index in [1.165, 1.54) is 53.0 Å². The number of aliphatic hydroxyl groups is 1. The van der Waals surface area contributed by atoms with Crippen molar-refractivity contribution in [1.29, 1.82) is 0 Å². The molecule has 0 bridgehead atoms. The van der Waals surface area contributed by atoms with Gasteiger partial charge in [0.25, 0.3) is 5.56 Å². The third-order valence-electron chi connectivity index (χ3n) is 4.72. The number of carbonyl (C=O) groups is 1. The van der Waals surface area contributed by atoms with Crippen molar-refractivity contribution in [3.8, 4) is 11.4 Å². The van der Waals surface area contributed by atoms with Gasteiger partial charge < -0.3 is 9.84 Å². The van der Waals surface area contributed by atoms with Crippen LogP contribution in [-0.4, -0.2) is 42.9 Å². The quantitative estimate of drug-likeness (QED) is 0.459. The molecule has 0 fully saturated rings. The first-order valence-electron chi connectivity index (χ1n) is 9.53. The average molecular weight is 422 g/mol. The maximum Gasteiger partial charge on any atom is 0.264 e. The molecule has 4 aromatic rings. The van der Waals surface area contributed by atoms with Gasteiger partial charge in [-0.25, -0.2) is 14.1 Å². The lowest BCUT2D eigenvalue weighted by atomic mass is 10.1. The van der Waals surface area contributed by atoms with Gasteiger partial charge in [0.15, 0.2) is 11.4 Å². The molecule has 1 atom stereocenters. The van der Waals surface area contributed by atoms with Crippen molar-refractivity contribution in [1.82, 2.24) is 19.3 Å². The van der Waals surface area contributed by atoms with Crippen LogP contribution in [-0.2, 0) is 6.54 Å². The maximum atomic E-state index is 13.2. The first-order valence-corrected chi connectivity index (χ1v) is 9.53. The highest BCUT2D eigenvalue weighted by atomic mass is 19.1. The van der Waals surface area contributed by atoms with E-state index in [2.05, 4.69) is 10.1 Å². The fourth-order valence-electron chi connectivity index (χ4n) is 3.13. The second-order valence-corrected chi connectivity index (χ2v) is 7.02. The van der Waals surface area contributed by atoms with Gasteiger partial charge in [-0.15, -0.1) is 0 Å². The van der Waals surface area contributed by atoms with Crippen molar-refractivity contribution in [2.45, 2.75) is 19.6 Å². The summed E-state index contributed by atoms with van der Waals surface area (Å²) in [6.45, 7) is 1.36. The van der Waals surface area contributed by atoms with E-state index in [1.54, 1.807) is 24.3 Å². The lowest BCUT2D eigenvalue weighted by Gasteiger charge is -2.14. The Labute approximate surface area is 176 Å². The number of rotatable bonds is 7. The summed E-state index contributed by atoms with van der Waals surface area (Å²) in [4.78, 5) is 28.5. The van der Waals surface area contributed by atoms with Gasteiger partial charge >= 0.3 is 0 Å². The number of nitrogens with zero attached hydrogens (tertiary/aromatic N) is 4. The van der Waals surface area contributed by atoms with Crippen molar-refractivity contribution in [2.75, 3.05) is 6.61 Å². The van der Waals surface area contributed by atoms with E-state index < -0.39 is 6.10 Å². The van der Waals surface area contributed by atoms with Gasteiger partial charge in [-0.1, -0.05) is 12.1 Å². The van der Waals surface area contributed by atoms with Crippen LogP contribution in [0, 0.1) is 5.82 Å². The minimum atomic E-state index is -0.981. The number of ketones is 1. The largest absolute Gasteiger partial charge is 0.491 e. The highest BCUT2D eigenvalue weighted by Crippen LogP contribution is 2.15. The number of carbonyl (C=O) groups excluding carboxylic acids is 1. The Balaban J connectivity index is 1.49. The van der Waals surface area contributed by atoms with Crippen LogP contribution in [0.5, 0.6) is 5.75 Å². The van der Waals surface area contributed by atoms with Gasteiger partial charge in [-0.2, -0.15) is 5.10 Å². The van der Waals surface area contributed by atoms with Crippen LogP contribution < -0.4 is 10.3 Å². The zero-order chi connectivity index (χ0) is 22.0. The zero-order valence-corrected chi connectivity index (χ0v) is 16.6. The highest BCUT2D eigenvalue weighted by Gasteiger charge is 2.14. The Kier molecular flexibility index (Phi) is 5.59. The van der Waals surface area contributed by atoms with E-state index >= 15 is 0 Å². The highest BCUT2D eigenvalue weighted by molar-refractivity contribution is 5.94. The molecule has 0 unspecified atom stereocenters. The van der Waals surface area contributed by atoms with E-state index in [0.717, 1.165) is 0 Å². The van der Waals surface area contributed by atoms with Crippen LogP contribution in [0.2, 0.25) is 0 Å². The Morgan fingerprint density at radius 2 is 2.00 bits per heavy atom. The number of Topliss-reactive ketones (excluding diaryl/α,β-unsaturated/α-hetero) is 1. The van der Waals surface area contributed by atoms with E-state index in [9.17, 15) is 19.1 Å². The lowest BCUT2D eigenvalue weighted by Crippen LogP contribution is -2.30. The summed E-state index contributed by atoms with van der Waals surface area (Å²) in [5.41, 5.74) is 1.05. The van der Waals surface area contributed by atoms with E-state index in [4.69, 9.17) is 4.74 Å². The molecule has 8 nitrogen and oxygen atoms in total. The lowest BCUT2D eigenvalue weighted by molar-refractivity contribution is 0.0913. The summed E-state index contributed by atoms with van der Waals surface area (Å²) in [7, 11) is 0. The Bertz CT molecular complexity index is 1300. The van der Waals surface area contributed by atoms with Crippen LogP contribution in [0.25, 0.3) is 16.7 Å². The second kappa shape index (κ2) is 8.49. The Hall–Kier alpha value is -3.85. The molecule has 0 spiro atoms.